The average Bonchev–Trinajstić information content (AvgIpc) is 2.03. The molecule has 4 heteroatoms. The van der Waals surface area contributed by atoms with Crippen molar-refractivity contribution in [1.82, 2.24) is 0 Å². The van der Waals surface area contributed by atoms with E-state index in [2.05, 4.69) is 6.92 Å². The fraction of sp³-hybridized carbons (Fsp3) is 1.00. The molecule has 1 aliphatic rings. The van der Waals surface area contributed by atoms with E-state index in [0.29, 0.717) is 18.4 Å². The van der Waals surface area contributed by atoms with Crippen LogP contribution in [-0.2, 0) is 14.3 Å². The van der Waals surface area contributed by atoms with Crippen molar-refractivity contribution in [2.24, 2.45) is 11.8 Å². The zero-order valence-electron chi connectivity index (χ0n) is 7.62. The molecule has 0 amide bonds. The summed E-state index contributed by atoms with van der Waals surface area (Å²) < 4.78 is 26.9. The van der Waals surface area contributed by atoms with Crippen LogP contribution in [0.4, 0.5) is 0 Å². The van der Waals surface area contributed by atoms with Crippen molar-refractivity contribution in [1.29, 1.82) is 0 Å². The van der Waals surface area contributed by atoms with Crippen LogP contribution in [0.1, 0.15) is 26.7 Å². The van der Waals surface area contributed by atoms with Crippen LogP contribution in [0.15, 0.2) is 0 Å². The Morgan fingerprint density at radius 2 is 1.83 bits per heavy atom. The Morgan fingerprint density at radius 1 is 1.25 bits per heavy atom. The normalized spacial score (nSPS) is 34.8. The van der Waals surface area contributed by atoms with Crippen LogP contribution >= 0.6 is 0 Å². The molecule has 1 heterocycles. The Morgan fingerprint density at radius 3 is 2.33 bits per heavy atom. The minimum atomic E-state index is -3.19. The van der Waals surface area contributed by atoms with Gasteiger partial charge in [0.15, 0.2) is 0 Å². The molecule has 72 valence electrons. The molecule has 0 aromatic heterocycles. The Balaban J connectivity index is 2.66. The first-order valence-electron chi connectivity index (χ1n) is 4.46. The highest BCUT2D eigenvalue weighted by Crippen LogP contribution is 2.27. The molecule has 0 bridgehead atoms. The van der Waals surface area contributed by atoms with Crippen molar-refractivity contribution in [3.05, 3.63) is 0 Å². The molecule has 1 saturated heterocycles. The van der Waals surface area contributed by atoms with Gasteiger partial charge in [-0.25, -0.2) is 0 Å². The van der Waals surface area contributed by atoms with Crippen molar-refractivity contribution in [2.75, 3.05) is 12.4 Å². The van der Waals surface area contributed by atoms with Crippen LogP contribution in [0, 0.1) is 11.8 Å². The quantitative estimate of drug-likeness (QED) is 0.621. The van der Waals surface area contributed by atoms with Crippen molar-refractivity contribution < 1.29 is 12.6 Å². The second kappa shape index (κ2) is 3.75. The Kier molecular flexibility index (Phi) is 3.12. The van der Waals surface area contributed by atoms with E-state index in [0.717, 1.165) is 12.8 Å². The lowest BCUT2D eigenvalue weighted by atomic mass is 9.90. The van der Waals surface area contributed by atoms with Gasteiger partial charge in [0.1, 0.15) is 0 Å². The van der Waals surface area contributed by atoms with Crippen molar-refractivity contribution in [2.45, 2.75) is 26.7 Å². The highest BCUT2D eigenvalue weighted by molar-refractivity contribution is 7.86. The predicted molar refractivity (Wildman–Crippen MR) is 47.3 cm³/mol. The Labute approximate surface area is 74.2 Å². The van der Waals surface area contributed by atoms with Crippen LogP contribution in [0.2, 0.25) is 0 Å². The minimum Gasteiger partial charge on any atom is -0.270 e. The molecule has 1 aliphatic heterocycles. The summed E-state index contributed by atoms with van der Waals surface area (Å²) in [7, 11) is -3.19. The summed E-state index contributed by atoms with van der Waals surface area (Å²) >= 11 is 0. The number of hydrogen-bond acceptors (Lipinski definition) is 3. The molecule has 0 aliphatic carbocycles. The molecule has 0 aromatic carbocycles. The van der Waals surface area contributed by atoms with E-state index in [4.69, 9.17) is 4.18 Å². The molecule has 1 rings (SSSR count). The van der Waals surface area contributed by atoms with Gasteiger partial charge < -0.3 is 0 Å². The third kappa shape index (κ3) is 2.20. The zero-order valence-corrected chi connectivity index (χ0v) is 8.43. The first kappa shape index (κ1) is 9.99. The molecule has 2 atom stereocenters. The largest absolute Gasteiger partial charge is 0.270 e. The van der Waals surface area contributed by atoms with E-state index in [9.17, 15) is 8.42 Å². The van der Waals surface area contributed by atoms with Gasteiger partial charge in [0.2, 0.25) is 0 Å². The van der Waals surface area contributed by atoms with Crippen LogP contribution in [0.3, 0.4) is 0 Å². The second-order valence-corrected chi connectivity index (χ2v) is 5.03. The monoisotopic (exact) mass is 192 g/mol. The summed E-state index contributed by atoms with van der Waals surface area (Å²) in [5, 5.41) is 0. The molecule has 12 heavy (non-hydrogen) atoms. The third-order valence-corrected chi connectivity index (χ3v) is 3.93. The Bertz CT molecular complexity index is 233. The SMILES string of the molecule is CCC1COS(=O)(=O)CC1CC. The summed E-state index contributed by atoms with van der Waals surface area (Å²) in [5.41, 5.74) is 0. The van der Waals surface area contributed by atoms with Crippen molar-refractivity contribution in [3.8, 4) is 0 Å². The highest BCUT2D eigenvalue weighted by atomic mass is 32.2. The lowest BCUT2D eigenvalue weighted by Gasteiger charge is -2.29. The van der Waals surface area contributed by atoms with Gasteiger partial charge in [-0.2, -0.15) is 8.42 Å². The molecule has 0 aromatic rings. The molecular formula is C8H16O3S. The summed E-state index contributed by atoms with van der Waals surface area (Å²) in [6.07, 6.45) is 1.94. The van der Waals surface area contributed by atoms with Gasteiger partial charge in [0.25, 0.3) is 10.1 Å². The fourth-order valence-corrected chi connectivity index (χ4v) is 3.19. The van der Waals surface area contributed by atoms with E-state index in [1.807, 2.05) is 6.92 Å². The topological polar surface area (TPSA) is 43.4 Å². The van der Waals surface area contributed by atoms with Crippen LogP contribution in [-0.4, -0.2) is 20.8 Å². The maximum atomic E-state index is 11.1. The molecule has 0 spiro atoms. The van der Waals surface area contributed by atoms with E-state index in [1.54, 1.807) is 0 Å². The van der Waals surface area contributed by atoms with Gasteiger partial charge in [-0.15, -0.1) is 0 Å². The van der Waals surface area contributed by atoms with E-state index in [-0.39, 0.29) is 5.75 Å². The fourth-order valence-electron chi connectivity index (χ4n) is 1.68. The standard InChI is InChI=1S/C8H16O3S/c1-3-7-5-11-12(9,10)6-8(7)4-2/h7-8H,3-6H2,1-2H3. The van der Waals surface area contributed by atoms with Crippen LogP contribution < -0.4 is 0 Å². The Hall–Kier alpha value is -0.0900. The van der Waals surface area contributed by atoms with Crippen molar-refractivity contribution >= 4 is 10.1 Å². The summed E-state index contributed by atoms with van der Waals surface area (Å²) in [4.78, 5) is 0. The summed E-state index contributed by atoms with van der Waals surface area (Å²) in [5.74, 6) is 0.939. The lowest BCUT2D eigenvalue weighted by molar-refractivity contribution is 0.171. The van der Waals surface area contributed by atoms with Gasteiger partial charge in [0, 0.05) is 0 Å². The van der Waals surface area contributed by atoms with Crippen LogP contribution in [0.25, 0.3) is 0 Å². The van der Waals surface area contributed by atoms with Gasteiger partial charge in [-0.1, -0.05) is 26.7 Å². The van der Waals surface area contributed by atoms with E-state index in [1.165, 1.54) is 0 Å². The van der Waals surface area contributed by atoms with Crippen molar-refractivity contribution in [3.63, 3.8) is 0 Å². The maximum absolute atomic E-state index is 11.1. The maximum Gasteiger partial charge on any atom is 0.267 e. The highest BCUT2D eigenvalue weighted by Gasteiger charge is 2.31. The van der Waals surface area contributed by atoms with Gasteiger partial charge in [-0.05, 0) is 11.8 Å². The molecule has 0 N–H and O–H groups in total. The minimum absolute atomic E-state index is 0.210. The predicted octanol–water partition coefficient (Wildman–Crippen LogP) is 1.40. The van der Waals surface area contributed by atoms with Gasteiger partial charge in [-0.3, -0.25) is 4.18 Å². The smallest absolute Gasteiger partial charge is 0.267 e. The first-order valence-corrected chi connectivity index (χ1v) is 6.04. The first-order chi connectivity index (χ1) is 5.59. The van der Waals surface area contributed by atoms with Crippen LogP contribution in [0.5, 0.6) is 0 Å². The molecule has 3 nitrogen and oxygen atoms in total. The van der Waals surface area contributed by atoms with Gasteiger partial charge >= 0.3 is 0 Å². The van der Waals surface area contributed by atoms with E-state index < -0.39 is 10.1 Å². The molecule has 1 fully saturated rings. The molecule has 0 radical (unpaired) electrons. The summed E-state index contributed by atoms with van der Waals surface area (Å²) in [6.45, 7) is 4.50. The number of rotatable bonds is 2. The number of hydrogen-bond donors (Lipinski definition) is 0. The average molecular weight is 192 g/mol. The third-order valence-electron chi connectivity index (χ3n) is 2.60. The lowest BCUT2D eigenvalue weighted by Crippen LogP contribution is -2.34. The molecular weight excluding hydrogens is 176 g/mol. The molecule has 2 unspecified atom stereocenters. The zero-order chi connectivity index (χ0) is 9.19. The van der Waals surface area contributed by atoms with Gasteiger partial charge in [0.05, 0.1) is 12.4 Å². The second-order valence-electron chi connectivity index (χ2n) is 3.35. The summed E-state index contributed by atoms with van der Waals surface area (Å²) in [6, 6.07) is 0. The van der Waals surface area contributed by atoms with E-state index >= 15 is 0 Å². The molecule has 0 saturated carbocycles.